The van der Waals surface area contributed by atoms with Gasteiger partial charge in [0.15, 0.2) is 0 Å². The predicted octanol–water partition coefficient (Wildman–Crippen LogP) is 3.85. The number of likely N-dealkylation sites (N-methyl/N-ethyl adjacent to an activating group) is 1. The van der Waals surface area contributed by atoms with Crippen LogP contribution in [0.15, 0.2) is 45.5 Å². The molecule has 0 aliphatic heterocycles. The normalized spacial score (nSPS) is 12.6. The van der Waals surface area contributed by atoms with Gasteiger partial charge in [-0.25, -0.2) is 0 Å². The van der Waals surface area contributed by atoms with Crippen LogP contribution < -0.4 is 5.32 Å². The summed E-state index contributed by atoms with van der Waals surface area (Å²) >= 11 is 3.50. The lowest BCUT2D eigenvalue weighted by molar-refractivity contribution is 0.512. The fourth-order valence-corrected chi connectivity index (χ4v) is 2.47. The Morgan fingerprint density at radius 1 is 1.35 bits per heavy atom. The van der Waals surface area contributed by atoms with E-state index in [2.05, 4.69) is 39.4 Å². The molecule has 1 aromatic heterocycles. The van der Waals surface area contributed by atoms with Crippen LogP contribution in [0.4, 0.5) is 0 Å². The fraction of sp³-hybridized carbons (Fsp3) is 0.286. The van der Waals surface area contributed by atoms with E-state index < -0.39 is 0 Å². The second-order valence-corrected chi connectivity index (χ2v) is 5.02. The Bertz CT molecular complexity index is 492. The number of aryl methyl sites for hydroxylation is 1. The predicted molar refractivity (Wildman–Crippen MR) is 73.1 cm³/mol. The summed E-state index contributed by atoms with van der Waals surface area (Å²) in [6, 6.07) is 10.7. The topological polar surface area (TPSA) is 25.2 Å². The van der Waals surface area contributed by atoms with E-state index in [0.29, 0.717) is 6.04 Å². The van der Waals surface area contributed by atoms with E-state index in [9.17, 15) is 0 Å². The Morgan fingerprint density at radius 2 is 2.18 bits per heavy atom. The number of halogens is 1. The third-order valence-electron chi connectivity index (χ3n) is 2.95. The number of hydrogen-bond acceptors (Lipinski definition) is 2. The van der Waals surface area contributed by atoms with Crippen molar-refractivity contribution in [3.05, 3.63) is 58.0 Å². The maximum atomic E-state index is 5.36. The fourth-order valence-electron chi connectivity index (χ4n) is 2.02. The average Bonchev–Trinajstić information content (AvgIpc) is 2.72. The summed E-state index contributed by atoms with van der Waals surface area (Å²) in [5, 5.41) is 3.34. The van der Waals surface area contributed by atoms with Crippen LogP contribution in [0.5, 0.6) is 0 Å². The quantitative estimate of drug-likeness (QED) is 0.926. The van der Waals surface area contributed by atoms with Crippen LogP contribution in [0.2, 0.25) is 0 Å². The van der Waals surface area contributed by atoms with E-state index in [4.69, 9.17) is 4.42 Å². The molecule has 0 spiro atoms. The Kier molecular flexibility index (Phi) is 4.02. The van der Waals surface area contributed by atoms with Crippen LogP contribution in [-0.2, 0) is 6.42 Å². The first kappa shape index (κ1) is 12.4. The summed E-state index contributed by atoms with van der Waals surface area (Å²) in [5.74, 6) is 0.986. The molecule has 90 valence electrons. The third-order valence-corrected chi connectivity index (χ3v) is 3.44. The van der Waals surface area contributed by atoms with Gasteiger partial charge in [0.05, 0.1) is 6.26 Å². The van der Waals surface area contributed by atoms with E-state index in [1.54, 1.807) is 6.26 Å². The maximum Gasteiger partial charge on any atom is 0.105 e. The molecular formula is C14H16BrNO. The lowest BCUT2D eigenvalue weighted by atomic mass is 10.00. The van der Waals surface area contributed by atoms with Crippen LogP contribution in [0.1, 0.15) is 22.9 Å². The summed E-state index contributed by atoms with van der Waals surface area (Å²) in [6.45, 7) is 2.00. The van der Waals surface area contributed by atoms with Crippen molar-refractivity contribution in [1.29, 1.82) is 0 Å². The van der Waals surface area contributed by atoms with Crippen LogP contribution >= 0.6 is 15.9 Å². The first-order valence-electron chi connectivity index (χ1n) is 5.66. The molecule has 0 fully saturated rings. The van der Waals surface area contributed by atoms with Gasteiger partial charge < -0.3 is 9.73 Å². The molecule has 0 radical (unpaired) electrons. The van der Waals surface area contributed by atoms with Gasteiger partial charge in [0, 0.05) is 16.1 Å². The average molecular weight is 294 g/mol. The number of nitrogens with one attached hydrogen (secondary N) is 1. The van der Waals surface area contributed by atoms with Crippen molar-refractivity contribution < 1.29 is 4.42 Å². The number of rotatable bonds is 4. The van der Waals surface area contributed by atoms with Gasteiger partial charge >= 0.3 is 0 Å². The number of hydrogen-bond donors (Lipinski definition) is 1. The second-order valence-electron chi connectivity index (χ2n) is 4.11. The minimum atomic E-state index is 0.294. The second kappa shape index (κ2) is 5.52. The molecule has 3 heteroatoms. The van der Waals surface area contributed by atoms with Crippen LogP contribution in [0.3, 0.4) is 0 Å². The SMILES string of the molecule is CNC(Cc1cccc(Br)c1)c1ccoc1C. The van der Waals surface area contributed by atoms with Crippen molar-refractivity contribution in [2.24, 2.45) is 0 Å². The Morgan fingerprint density at radius 3 is 2.76 bits per heavy atom. The molecule has 2 rings (SSSR count). The van der Waals surface area contributed by atoms with Gasteiger partial charge in [-0.3, -0.25) is 0 Å². The molecule has 17 heavy (non-hydrogen) atoms. The smallest absolute Gasteiger partial charge is 0.105 e. The van der Waals surface area contributed by atoms with E-state index in [0.717, 1.165) is 16.7 Å². The molecule has 1 atom stereocenters. The summed E-state index contributed by atoms with van der Waals surface area (Å²) in [5.41, 5.74) is 2.53. The summed E-state index contributed by atoms with van der Waals surface area (Å²) < 4.78 is 6.48. The molecule has 0 aliphatic carbocycles. The summed E-state index contributed by atoms with van der Waals surface area (Å²) in [6.07, 6.45) is 2.70. The lowest BCUT2D eigenvalue weighted by Gasteiger charge is -2.15. The van der Waals surface area contributed by atoms with Crippen molar-refractivity contribution in [1.82, 2.24) is 5.32 Å². The van der Waals surface area contributed by atoms with Crippen molar-refractivity contribution in [3.63, 3.8) is 0 Å². The molecule has 1 aromatic carbocycles. The zero-order chi connectivity index (χ0) is 12.3. The third kappa shape index (κ3) is 2.99. The lowest BCUT2D eigenvalue weighted by Crippen LogP contribution is -2.19. The van der Waals surface area contributed by atoms with Crippen molar-refractivity contribution in [2.75, 3.05) is 7.05 Å². The molecule has 1 unspecified atom stereocenters. The van der Waals surface area contributed by atoms with E-state index in [-0.39, 0.29) is 0 Å². The summed E-state index contributed by atoms with van der Waals surface area (Å²) in [7, 11) is 1.98. The first-order chi connectivity index (χ1) is 8.20. The first-order valence-corrected chi connectivity index (χ1v) is 6.45. The van der Waals surface area contributed by atoms with Crippen molar-refractivity contribution in [2.45, 2.75) is 19.4 Å². The number of furan rings is 1. The standard InChI is InChI=1S/C14H16BrNO/c1-10-13(6-7-17-10)14(16-2)9-11-4-3-5-12(15)8-11/h3-8,14,16H,9H2,1-2H3. The highest BCUT2D eigenvalue weighted by Crippen LogP contribution is 2.23. The van der Waals surface area contributed by atoms with E-state index in [1.807, 2.05) is 26.1 Å². The van der Waals surface area contributed by atoms with Crippen molar-refractivity contribution >= 4 is 15.9 Å². The molecule has 2 nitrogen and oxygen atoms in total. The van der Waals surface area contributed by atoms with Gasteiger partial charge in [-0.05, 0) is 44.2 Å². The van der Waals surface area contributed by atoms with Crippen LogP contribution in [-0.4, -0.2) is 7.05 Å². The van der Waals surface area contributed by atoms with Crippen LogP contribution in [0, 0.1) is 6.92 Å². The molecular weight excluding hydrogens is 278 g/mol. The van der Waals surface area contributed by atoms with Gasteiger partial charge in [-0.1, -0.05) is 28.1 Å². The highest BCUT2D eigenvalue weighted by atomic mass is 79.9. The zero-order valence-electron chi connectivity index (χ0n) is 10.0. The molecule has 0 bridgehead atoms. The molecule has 1 heterocycles. The number of benzene rings is 1. The van der Waals surface area contributed by atoms with E-state index in [1.165, 1.54) is 11.1 Å². The van der Waals surface area contributed by atoms with Gasteiger partial charge in [0.1, 0.15) is 5.76 Å². The molecule has 0 amide bonds. The zero-order valence-corrected chi connectivity index (χ0v) is 11.6. The molecule has 2 aromatic rings. The minimum Gasteiger partial charge on any atom is -0.469 e. The molecule has 0 saturated carbocycles. The van der Waals surface area contributed by atoms with Gasteiger partial charge in [-0.15, -0.1) is 0 Å². The highest BCUT2D eigenvalue weighted by Gasteiger charge is 2.14. The van der Waals surface area contributed by atoms with Gasteiger partial charge in [0.2, 0.25) is 0 Å². The molecule has 1 N–H and O–H groups in total. The maximum absolute atomic E-state index is 5.36. The minimum absolute atomic E-state index is 0.294. The molecule has 0 saturated heterocycles. The van der Waals surface area contributed by atoms with Gasteiger partial charge in [-0.2, -0.15) is 0 Å². The Hall–Kier alpha value is -1.06. The largest absolute Gasteiger partial charge is 0.469 e. The van der Waals surface area contributed by atoms with Crippen LogP contribution in [0.25, 0.3) is 0 Å². The van der Waals surface area contributed by atoms with Crippen molar-refractivity contribution in [3.8, 4) is 0 Å². The highest BCUT2D eigenvalue weighted by molar-refractivity contribution is 9.10. The van der Waals surface area contributed by atoms with E-state index >= 15 is 0 Å². The van der Waals surface area contributed by atoms with Gasteiger partial charge in [0.25, 0.3) is 0 Å². The Labute approximate surface area is 110 Å². The summed E-state index contributed by atoms with van der Waals surface area (Å²) in [4.78, 5) is 0. The monoisotopic (exact) mass is 293 g/mol. The Balaban J connectivity index is 2.19. The molecule has 0 aliphatic rings.